The van der Waals surface area contributed by atoms with Crippen LogP contribution in [-0.2, 0) is 0 Å². The average molecular weight is 669 g/mol. The smallest absolute Gasteiger partial charge is 0.0823 e. The lowest BCUT2D eigenvalue weighted by Gasteiger charge is -2.14. The minimum absolute atomic E-state index is 0.767. The SMILES string of the molecule is CN(C)c1ccc(C#CC(=C=C=C2C(c3ccccc3)=C(c3ccccc3)C(c3ccccc3)=C2c2ccccc2)c2ccc(N(C)C)cc2)cc1. The van der Waals surface area contributed by atoms with Gasteiger partial charge < -0.3 is 9.80 Å². The number of rotatable bonds is 7. The zero-order chi connectivity index (χ0) is 35.9. The lowest BCUT2D eigenvalue weighted by molar-refractivity contribution is 1.13. The largest absolute Gasteiger partial charge is 0.378 e. The zero-order valence-corrected chi connectivity index (χ0v) is 30.1. The van der Waals surface area contributed by atoms with Gasteiger partial charge in [-0.25, -0.2) is 0 Å². The molecule has 0 bridgehead atoms. The van der Waals surface area contributed by atoms with E-state index in [2.05, 4.69) is 217 Å². The second-order valence-electron chi connectivity index (χ2n) is 13.1. The molecule has 0 spiro atoms. The molecule has 52 heavy (non-hydrogen) atoms. The van der Waals surface area contributed by atoms with Crippen molar-refractivity contribution in [3.63, 3.8) is 0 Å². The first-order chi connectivity index (χ1) is 25.5. The quantitative estimate of drug-likeness (QED) is 0.123. The molecular formula is C50H40N2. The van der Waals surface area contributed by atoms with Crippen molar-refractivity contribution in [2.75, 3.05) is 38.0 Å². The summed E-state index contributed by atoms with van der Waals surface area (Å²) in [6, 6.07) is 59.6. The van der Waals surface area contributed by atoms with Crippen molar-refractivity contribution in [3.05, 3.63) is 220 Å². The molecule has 1 aliphatic rings. The molecule has 2 heteroatoms. The summed E-state index contributed by atoms with van der Waals surface area (Å²) >= 11 is 0. The molecule has 0 saturated heterocycles. The van der Waals surface area contributed by atoms with Gasteiger partial charge >= 0.3 is 0 Å². The summed E-state index contributed by atoms with van der Waals surface area (Å²) in [6.45, 7) is 0. The van der Waals surface area contributed by atoms with E-state index in [1.165, 1.54) is 11.1 Å². The zero-order valence-electron chi connectivity index (χ0n) is 30.1. The lowest BCUT2D eigenvalue weighted by Crippen LogP contribution is -2.08. The van der Waals surface area contributed by atoms with E-state index in [9.17, 15) is 0 Å². The first-order valence-corrected chi connectivity index (χ1v) is 17.5. The molecular weight excluding hydrogens is 629 g/mol. The summed E-state index contributed by atoms with van der Waals surface area (Å²) in [4.78, 5) is 4.19. The number of allylic oxidation sites excluding steroid dienone is 6. The van der Waals surface area contributed by atoms with Gasteiger partial charge in [-0.05, 0) is 75.4 Å². The second-order valence-corrected chi connectivity index (χ2v) is 13.1. The summed E-state index contributed by atoms with van der Waals surface area (Å²) in [7, 11) is 8.19. The fourth-order valence-corrected chi connectivity index (χ4v) is 6.53. The van der Waals surface area contributed by atoms with Gasteiger partial charge in [-0.1, -0.05) is 157 Å². The van der Waals surface area contributed by atoms with Crippen LogP contribution in [0.5, 0.6) is 0 Å². The van der Waals surface area contributed by atoms with Gasteiger partial charge in [0, 0.05) is 61.8 Å². The summed E-state index contributed by atoms with van der Waals surface area (Å²) in [5, 5.41) is 0. The normalized spacial score (nSPS) is 12.1. The van der Waals surface area contributed by atoms with E-state index in [0.29, 0.717) is 0 Å². The standard InChI is InChI=1S/C50H40N2/c1-51(2)44-32-26-37(27-33-44)25-28-38(39-29-34-45(35-30-39)52(3)4)31-36-46-47(40-17-9-5-10-18-40)49(42-21-13-7-14-22-42)50(43-23-15-8-16-24-43)48(46)41-19-11-6-12-20-41/h5-24,26-27,29-30,32-35H,1-4H3. The van der Waals surface area contributed by atoms with Crippen LogP contribution in [0.3, 0.4) is 0 Å². The number of hydrogen-bond acceptors (Lipinski definition) is 2. The van der Waals surface area contributed by atoms with Crippen molar-refractivity contribution in [2.24, 2.45) is 0 Å². The minimum Gasteiger partial charge on any atom is -0.378 e. The van der Waals surface area contributed by atoms with Crippen molar-refractivity contribution in [3.8, 4) is 11.8 Å². The van der Waals surface area contributed by atoms with Crippen LogP contribution in [0.4, 0.5) is 11.4 Å². The Morgan fingerprint density at radius 3 is 1.15 bits per heavy atom. The Bertz CT molecular complexity index is 2310. The molecule has 0 aliphatic heterocycles. The second kappa shape index (κ2) is 15.4. The molecule has 0 radical (unpaired) electrons. The molecule has 0 fully saturated rings. The van der Waals surface area contributed by atoms with Gasteiger partial charge in [0.05, 0.1) is 5.57 Å². The fraction of sp³-hybridized carbons (Fsp3) is 0.0800. The van der Waals surface area contributed by atoms with E-state index in [4.69, 9.17) is 0 Å². The molecule has 0 saturated carbocycles. The maximum Gasteiger partial charge on any atom is 0.0823 e. The van der Waals surface area contributed by atoms with Crippen molar-refractivity contribution >= 4 is 39.2 Å². The molecule has 0 atom stereocenters. The molecule has 0 aromatic heterocycles. The van der Waals surface area contributed by atoms with E-state index < -0.39 is 0 Å². The topological polar surface area (TPSA) is 6.48 Å². The van der Waals surface area contributed by atoms with E-state index in [-0.39, 0.29) is 0 Å². The molecule has 6 aromatic carbocycles. The van der Waals surface area contributed by atoms with Crippen LogP contribution in [0.2, 0.25) is 0 Å². The van der Waals surface area contributed by atoms with Crippen LogP contribution in [0, 0.1) is 11.8 Å². The van der Waals surface area contributed by atoms with Gasteiger partial charge in [0.25, 0.3) is 0 Å². The summed E-state index contributed by atoms with van der Waals surface area (Å²) < 4.78 is 0. The van der Waals surface area contributed by atoms with Crippen LogP contribution in [0.1, 0.15) is 33.4 Å². The van der Waals surface area contributed by atoms with Gasteiger partial charge in [0.2, 0.25) is 0 Å². The third-order valence-electron chi connectivity index (χ3n) is 9.20. The van der Waals surface area contributed by atoms with Gasteiger partial charge in [-0.2, -0.15) is 0 Å². The van der Waals surface area contributed by atoms with Crippen molar-refractivity contribution in [2.45, 2.75) is 0 Å². The van der Waals surface area contributed by atoms with E-state index in [0.717, 1.165) is 67.0 Å². The predicted octanol–water partition coefficient (Wildman–Crippen LogP) is 11.2. The van der Waals surface area contributed by atoms with Crippen LogP contribution in [-0.4, -0.2) is 28.2 Å². The maximum absolute atomic E-state index is 3.77. The molecule has 2 nitrogen and oxygen atoms in total. The maximum atomic E-state index is 3.77. The Morgan fingerprint density at radius 1 is 0.404 bits per heavy atom. The highest BCUT2D eigenvalue weighted by Gasteiger charge is 2.32. The molecule has 0 heterocycles. The predicted molar refractivity (Wildman–Crippen MR) is 222 cm³/mol. The fourth-order valence-electron chi connectivity index (χ4n) is 6.53. The van der Waals surface area contributed by atoms with E-state index in [1.54, 1.807) is 0 Å². The monoisotopic (exact) mass is 668 g/mol. The summed E-state index contributed by atoms with van der Waals surface area (Å²) in [6.07, 6.45) is 0. The third-order valence-corrected chi connectivity index (χ3v) is 9.20. The molecule has 1 aliphatic carbocycles. The van der Waals surface area contributed by atoms with Gasteiger partial charge in [-0.3, -0.25) is 0 Å². The van der Waals surface area contributed by atoms with Crippen molar-refractivity contribution in [1.29, 1.82) is 0 Å². The molecule has 0 unspecified atom stereocenters. The third kappa shape index (κ3) is 7.25. The highest BCUT2D eigenvalue weighted by Crippen LogP contribution is 2.54. The Morgan fingerprint density at radius 2 is 0.769 bits per heavy atom. The van der Waals surface area contributed by atoms with E-state index in [1.807, 2.05) is 14.1 Å². The van der Waals surface area contributed by atoms with Gasteiger partial charge in [0.1, 0.15) is 0 Å². The summed E-state index contributed by atoms with van der Waals surface area (Å²) in [5.41, 5.74) is 22.4. The molecule has 7 rings (SSSR count). The van der Waals surface area contributed by atoms with E-state index >= 15 is 0 Å². The van der Waals surface area contributed by atoms with Crippen LogP contribution in [0.15, 0.2) is 187 Å². The van der Waals surface area contributed by atoms with Crippen molar-refractivity contribution in [1.82, 2.24) is 0 Å². The Balaban J connectivity index is 1.59. The number of benzene rings is 6. The average Bonchev–Trinajstić information content (AvgIpc) is 3.54. The van der Waals surface area contributed by atoms with Crippen LogP contribution >= 0.6 is 0 Å². The first kappa shape index (κ1) is 33.7. The molecule has 6 aromatic rings. The lowest BCUT2D eigenvalue weighted by atomic mass is 9.89. The Labute approximate surface area is 308 Å². The number of anilines is 2. The highest BCUT2D eigenvalue weighted by molar-refractivity contribution is 6.34. The molecule has 250 valence electrons. The van der Waals surface area contributed by atoms with Crippen LogP contribution in [0.25, 0.3) is 27.9 Å². The summed E-state index contributed by atoms with van der Waals surface area (Å²) in [5.74, 6) is 6.91. The molecule has 0 N–H and O–H groups in total. The number of nitrogens with zero attached hydrogens (tertiary/aromatic N) is 2. The number of hydrogen-bond donors (Lipinski definition) is 0. The van der Waals surface area contributed by atoms with Gasteiger partial charge in [-0.15, -0.1) is 0 Å². The Hall–Kier alpha value is -6.74. The highest BCUT2D eigenvalue weighted by atomic mass is 15.1. The van der Waals surface area contributed by atoms with Crippen LogP contribution < -0.4 is 9.80 Å². The minimum atomic E-state index is 0.767. The molecule has 0 amide bonds. The van der Waals surface area contributed by atoms with Crippen molar-refractivity contribution < 1.29 is 0 Å². The van der Waals surface area contributed by atoms with Gasteiger partial charge in [0.15, 0.2) is 0 Å². The Kier molecular flexibility index (Phi) is 10.0. The first-order valence-electron chi connectivity index (χ1n) is 17.5.